The number of nitrogens with zero attached hydrogens (tertiary/aromatic N) is 5. The average molecular weight is 350 g/mol. The molecule has 1 fully saturated rings. The van der Waals surface area contributed by atoms with Crippen LogP contribution in [0.4, 0.5) is 5.95 Å². The van der Waals surface area contributed by atoms with Crippen LogP contribution in [-0.2, 0) is 11.8 Å². The fourth-order valence-electron chi connectivity index (χ4n) is 3.41. The molecule has 1 saturated heterocycles. The molecule has 0 radical (unpaired) electrons. The molecule has 0 unspecified atom stereocenters. The maximum atomic E-state index is 12.3. The van der Waals surface area contributed by atoms with E-state index in [4.69, 9.17) is 0 Å². The molecule has 3 aromatic rings. The SMILES string of the molecule is C[C@H]1CCCN1CC(=O)Nc1ncc2ccc(-c3cnn(C)c3)cc2n1. The van der Waals surface area contributed by atoms with Gasteiger partial charge in [-0.2, -0.15) is 5.10 Å². The summed E-state index contributed by atoms with van der Waals surface area (Å²) >= 11 is 0. The zero-order chi connectivity index (χ0) is 18.1. The number of carbonyl (C=O) groups is 1. The van der Waals surface area contributed by atoms with Gasteiger partial charge in [-0.3, -0.25) is 19.7 Å². The Balaban J connectivity index is 1.53. The predicted octanol–water partition coefficient (Wildman–Crippen LogP) is 2.45. The molecule has 1 aromatic carbocycles. The first kappa shape index (κ1) is 16.7. The van der Waals surface area contributed by atoms with Gasteiger partial charge in [0, 0.05) is 36.4 Å². The second-order valence-corrected chi connectivity index (χ2v) is 6.88. The maximum Gasteiger partial charge on any atom is 0.240 e. The van der Waals surface area contributed by atoms with Gasteiger partial charge in [0.05, 0.1) is 18.3 Å². The molecule has 1 N–H and O–H groups in total. The smallest absolute Gasteiger partial charge is 0.240 e. The van der Waals surface area contributed by atoms with E-state index in [1.54, 1.807) is 10.9 Å². The highest BCUT2D eigenvalue weighted by Crippen LogP contribution is 2.23. The second kappa shape index (κ2) is 6.84. The van der Waals surface area contributed by atoms with Crippen molar-refractivity contribution >= 4 is 22.8 Å². The summed E-state index contributed by atoms with van der Waals surface area (Å²) in [6, 6.07) is 6.46. The zero-order valence-electron chi connectivity index (χ0n) is 15.0. The lowest BCUT2D eigenvalue weighted by atomic mass is 10.1. The van der Waals surface area contributed by atoms with Crippen molar-refractivity contribution in [3.63, 3.8) is 0 Å². The number of amides is 1. The fraction of sp³-hybridized carbons (Fsp3) is 0.368. The van der Waals surface area contributed by atoms with Crippen molar-refractivity contribution in [2.45, 2.75) is 25.8 Å². The Morgan fingerprint density at radius 2 is 2.19 bits per heavy atom. The largest absolute Gasteiger partial charge is 0.293 e. The molecule has 7 nitrogen and oxygen atoms in total. The number of hydrogen-bond donors (Lipinski definition) is 1. The van der Waals surface area contributed by atoms with Gasteiger partial charge in [-0.1, -0.05) is 12.1 Å². The van der Waals surface area contributed by atoms with Crippen molar-refractivity contribution in [2.24, 2.45) is 7.05 Å². The number of likely N-dealkylation sites (tertiary alicyclic amines) is 1. The molecule has 0 saturated carbocycles. The minimum Gasteiger partial charge on any atom is -0.293 e. The topological polar surface area (TPSA) is 75.9 Å². The monoisotopic (exact) mass is 350 g/mol. The third-order valence-corrected chi connectivity index (χ3v) is 4.91. The van der Waals surface area contributed by atoms with Crippen molar-refractivity contribution in [3.8, 4) is 11.1 Å². The van der Waals surface area contributed by atoms with Crippen LogP contribution < -0.4 is 5.32 Å². The van der Waals surface area contributed by atoms with Gasteiger partial charge < -0.3 is 0 Å². The third-order valence-electron chi connectivity index (χ3n) is 4.91. The van der Waals surface area contributed by atoms with E-state index >= 15 is 0 Å². The summed E-state index contributed by atoms with van der Waals surface area (Å²) in [5.74, 6) is 0.277. The zero-order valence-corrected chi connectivity index (χ0v) is 15.0. The first-order chi connectivity index (χ1) is 12.6. The highest BCUT2D eigenvalue weighted by Gasteiger charge is 2.22. The first-order valence-corrected chi connectivity index (χ1v) is 8.88. The van der Waals surface area contributed by atoms with E-state index in [1.165, 1.54) is 0 Å². The number of hydrogen-bond acceptors (Lipinski definition) is 5. The fourth-order valence-corrected chi connectivity index (χ4v) is 3.41. The molecule has 7 heteroatoms. The molecule has 1 aliphatic heterocycles. The quantitative estimate of drug-likeness (QED) is 0.782. The van der Waals surface area contributed by atoms with Gasteiger partial charge in [0.25, 0.3) is 0 Å². The summed E-state index contributed by atoms with van der Waals surface area (Å²) in [4.78, 5) is 23.3. The van der Waals surface area contributed by atoms with Crippen LogP contribution in [0.3, 0.4) is 0 Å². The first-order valence-electron chi connectivity index (χ1n) is 8.88. The molecule has 26 heavy (non-hydrogen) atoms. The van der Waals surface area contributed by atoms with Crippen molar-refractivity contribution in [1.29, 1.82) is 0 Å². The van der Waals surface area contributed by atoms with Gasteiger partial charge in [0.2, 0.25) is 11.9 Å². The number of anilines is 1. The van der Waals surface area contributed by atoms with Gasteiger partial charge in [0.1, 0.15) is 0 Å². The summed E-state index contributed by atoms with van der Waals surface area (Å²) < 4.78 is 1.77. The van der Waals surface area contributed by atoms with Crippen LogP contribution in [0.2, 0.25) is 0 Å². The minimum absolute atomic E-state index is 0.0680. The van der Waals surface area contributed by atoms with Crippen LogP contribution in [0.5, 0.6) is 0 Å². The van der Waals surface area contributed by atoms with Crippen molar-refractivity contribution in [3.05, 3.63) is 36.8 Å². The number of aromatic nitrogens is 4. The van der Waals surface area contributed by atoms with Crippen molar-refractivity contribution in [2.75, 3.05) is 18.4 Å². The van der Waals surface area contributed by atoms with Crippen LogP contribution >= 0.6 is 0 Å². The Morgan fingerprint density at radius 1 is 1.31 bits per heavy atom. The Labute approximate surface area is 152 Å². The summed E-state index contributed by atoms with van der Waals surface area (Å²) in [5, 5.41) is 7.97. The lowest BCUT2D eigenvalue weighted by Gasteiger charge is -2.19. The predicted molar refractivity (Wildman–Crippen MR) is 101 cm³/mol. The van der Waals surface area contributed by atoms with Crippen LogP contribution in [0.15, 0.2) is 36.8 Å². The van der Waals surface area contributed by atoms with E-state index in [0.717, 1.165) is 41.4 Å². The van der Waals surface area contributed by atoms with E-state index in [-0.39, 0.29) is 5.91 Å². The Morgan fingerprint density at radius 3 is 2.92 bits per heavy atom. The number of carbonyl (C=O) groups excluding carboxylic acids is 1. The molecule has 1 aliphatic rings. The number of nitrogens with one attached hydrogen (secondary N) is 1. The molecule has 3 heterocycles. The summed E-state index contributed by atoms with van der Waals surface area (Å²) in [5.41, 5.74) is 2.86. The Bertz CT molecular complexity index is 950. The molecule has 0 spiro atoms. The Kier molecular flexibility index (Phi) is 4.38. The minimum atomic E-state index is -0.0680. The van der Waals surface area contributed by atoms with Crippen molar-refractivity contribution < 1.29 is 4.79 Å². The van der Waals surface area contributed by atoms with Gasteiger partial charge in [-0.25, -0.2) is 9.97 Å². The van der Waals surface area contributed by atoms with E-state index in [9.17, 15) is 4.79 Å². The lowest BCUT2D eigenvalue weighted by Crippen LogP contribution is -2.35. The van der Waals surface area contributed by atoms with E-state index in [2.05, 4.69) is 32.2 Å². The third kappa shape index (κ3) is 3.43. The highest BCUT2D eigenvalue weighted by molar-refractivity contribution is 5.92. The molecule has 0 aliphatic carbocycles. The van der Waals surface area contributed by atoms with Crippen LogP contribution in [0, 0.1) is 0 Å². The number of fused-ring (bicyclic) bond motifs is 1. The molecular weight excluding hydrogens is 328 g/mol. The molecule has 0 bridgehead atoms. The van der Waals surface area contributed by atoms with Crippen LogP contribution in [0.25, 0.3) is 22.0 Å². The van der Waals surface area contributed by atoms with Crippen molar-refractivity contribution in [1.82, 2.24) is 24.6 Å². The van der Waals surface area contributed by atoms with E-state index < -0.39 is 0 Å². The summed E-state index contributed by atoms with van der Waals surface area (Å²) in [6.07, 6.45) is 7.82. The lowest BCUT2D eigenvalue weighted by molar-refractivity contribution is -0.117. The molecular formula is C19H22N6O. The Hall–Kier alpha value is -2.80. The van der Waals surface area contributed by atoms with Gasteiger partial charge >= 0.3 is 0 Å². The number of benzene rings is 1. The standard InChI is InChI=1S/C19H22N6O/c1-13-4-3-7-25(13)12-18(26)23-19-20-9-15-6-5-14(8-17(15)22-19)16-10-21-24(2)11-16/h5-6,8-11,13H,3-4,7,12H2,1-2H3,(H,20,22,23,26)/t13-/m0/s1. The summed E-state index contributed by atoms with van der Waals surface area (Å²) in [7, 11) is 1.89. The molecule has 1 amide bonds. The maximum absolute atomic E-state index is 12.3. The second-order valence-electron chi connectivity index (χ2n) is 6.88. The number of aryl methyl sites for hydroxylation is 1. The van der Waals surface area contributed by atoms with E-state index in [1.807, 2.05) is 37.6 Å². The van der Waals surface area contributed by atoms with Crippen LogP contribution in [-0.4, -0.2) is 49.7 Å². The van der Waals surface area contributed by atoms with Gasteiger partial charge in [-0.05, 0) is 37.9 Å². The highest BCUT2D eigenvalue weighted by atomic mass is 16.2. The molecule has 134 valence electrons. The average Bonchev–Trinajstić information content (AvgIpc) is 3.23. The van der Waals surface area contributed by atoms with Gasteiger partial charge in [0.15, 0.2) is 0 Å². The molecule has 2 aromatic heterocycles. The normalized spacial score (nSPS) is 17.7. The molecule has 1 atom stereocenters. The van der Waals surface area contributed by atoms with E-state index in [0.29, 0.717) is 18.5 Å². The number of rotatable bonds is 4. The summed E-state index contributed by atoms with van der Waals surface area (Å²) in [6.45, 7) is 3.52. The molecule has 4 rings (SSSR count). The van der Waals surface area contributed by atoms with Gasteiger partial charge in [-0.15, -0.1) is 0 Å². The van der Waals surface area contributed by atoms with Crippen LogP contribution in [0.1, 0.15) is 19.8 Å².